The highest BCUT2D eigenvalue weighted by Crippen LogP contribution is 2.34. The monoisotopic (exact) mass is 624 g/mol. The van der Waals surface area contributed by atoms with E-state index in [1.807, 2.05) is 56.3 Å². The van der Waals surface area contributed by atoms with Crippen LogP contribution in [0.25, 0.3) is 0 Å². The van der Waals surface area contributed by atoms with Gasteiger partial charge in [-0.15, -0.1) is 0 Å². The van der Waals surface area contributed by atoms with Crippen LogP contribution in [0.5, 0.6) is 17.4 Å². The molecule has 0 aliphatic carbocycles. The number of benzene rings is 3. The van der Waals surface area contributed by atoms with Crippen LogP contribution in [0.15, 0.2) is 66.9 Å². The van der Waals surface area contributed by atoms with Crippen LogP contribution in [0.3, 0.4) is 0 Å². The second-order valence-corrected chi connectivity index (χ2v) is 11.6. The number of carbonyl (C=O) groups excluding carboxylic acids is 1. The van der Waals surface area contributed by atoms with E-state index in [0.717, 1.165) is 67.1 Å². The molecule has 1 fully saturated rings. The number of likely N-dealkylation sites (N-methyl/N-ethyl adjacent to an activating group) is 1. The maximum absolute atomic E-state index is 13.6. The number of aromatic nitrogens is 2. The van der Waals surface area contributed by atoms with Gasteiger partial charge in [-0.3, -0.25) is 4.79 Å². The summed E-state index contributed by atoms with van der Waals surface area (Å²) in [5.74, 6) is 0.939. The minimum atomic E-state index is -0.379. The molecule has 4 aromatic rings. The number of nitrogens with one attached hydrogen (secondary N) is 2. The van der Waals surface area contributed by atoms with Crippen LogP contribution in [0.4, 0.5) is 23.0 Å². The normalized spacial score (nSPS) is 13.4. The largest absolute Gasteiger partial charge is 0.493 e. The van der Waals surface area contributed by atoms with Crippen molar-refractivity contribution in [2.45, 2.75) is 40.2 Å². The molecule has 0 radical (unpaired) electrons. The average molecular weight is 625 g/mol. The number of methoxy groups -OCH3 is 1. The Bertz CT molecular complexity index is 1600. The van der Waals surface area contributed by atoms with Gasteiger partial charge in [-0.1, -0.05) is 37.6 Å². The van der Waals surface area contributed by atoms with Gasteiger partial charge in [-0.2, -0.15) is 4.98 Å². The number of piperazine rings is 1. The lowest BCUT2D eigenvalue weighted by molar-refractivity contribution is 0.102. The number of unbranched alkanes of at least 4 members (excludes halogenated alkanes) is 1. The van der Waals surface area contributed by atoms with Crippen molar-refractivity contribution in [2.75, 3.05) is 62.5 Å². The Morgan fingerprint density at radius 1 is 0.957 bits per heavy atom. The van der Waals surface area contributed by atoms with E-state index < -0.39 is 0 Å². The topological polar surface area (TPSA) is 101 Å². The third kappa shape index (κ3) is 8.32. The summed E-state index contributed by atoms with van der Waals surface area (Å²) in [6.45, 7) is 11.3. The standard InChI is InChI=1S/C36H44N6O4/c1-6-7-21-45-24-27-11-16-31(32(22-27)44-5)46-35-30(34(43)39-33-25(2)9-8-10-26(33)3)23-37-36(40-35)38-28-12-14-29(15-13-28)42-19-17-41(4)18-20-42/h8-16,22-23H,6-7,17-21,24H2,1-5H3,(H,39,43)(H,37,38,40). The Hall–Kier alpha value is -4.67. The molecule has 0 unspecified atom stereocenters. The Labute approximate surface area is 271 Å². The molecule has 0 atom stereocenters. The molecule has 242 valence electrons. The number of ether oxygens (including phenoxy) is 3. The molecule has 46 heavy (non-hydrogen) atoms. The summed E-state index contributed by atoms with van der Waals surface area (Å²) in [5.41, 5.74) is 5.79. The molecule has 5 rings (SSSR count). The predicted molar refractivity (Wildman–Crippen MR) is 183 cm³/mol. The molecule has 1 aromatic heterocycles. The summed E-state index contributed by atoms with van der Waals surface area (Å²) >= 11 is 0. The maximum atomic E-state index is 13.6. The smallest absolute Gasteiger partial charge is 0.262 e. The van der Waals surface area contributed by atoms with Crippen LogP contribution >= 0.6 is 0 Å². The van der Waals surface area contributed by atoms with Crippen molar-refractivity contribution in [3.8, 4) is 17.4 Å². The lowest BCUT2D eigenvalue weighted by Gasteiger charge is -2.34. The molecular weight excluding hydrogens is 580 g/mol. The van der Waals surface area contributed by atoms with E-state index in [2.05, 4.69) is 56.5 Å². The summed E-state index contributed by atoms with van der Waals surface area (Å²) in [6, 6.07) is 19.7. The minimum absolute atomic E-state index is 0.0977. The highest BCUT2D eigenvalue weighted by molar-refractivity contribution is 6.06. The number of hydrogen-bond donors (Lipinski definition) is 2. The summed E-state index contributed by atoms with van der Waals surface area (Å²) in [5, 5.41) is 6.29. The van der Waals surface area contributed by atoms with Crippen LogP contribution in [0, 0.1) is 13.8 Å². The van der Waals surface area contributed by atoms with Crippen LogP contribution < -0.4 is 25.0 Å². The van der Waals surface area contributed by atoms with Crippen molar-refractivity contribution in [1.82, 2.24) is 14.9 Å². The molecule has 3 aromatic carbocycles. The number of aryl methyl sites for hydroxylation is 2. The van der Waals surface area contributed by atoms with Crippen LogP contribution in [0.2, 0.25) is 0 Å². The molecule has 10 nitrogen and oxygen atoms in total. The van der Waals surface area contributed by atoms with E-state index in [-0.39, 0.29) is 17.4 Å². The molecule has 1 amide bonds. The zero-order chi connectivity index (χ0) is 32.5. The highest BCUT2D eigenvalue weighted by atomic mass is 16.5. The molecule has 1 aliphatic rings. The van der Waals surface area contributed by atoms with Crippen molar-refractivity contribution in [3.05, 3.63) is 89.1 Å². The van der Waals surface area contributed by atoms with Gasteiger partial charge in [-0.05, 0) is 80.4 Å². The van der Waals surface area contributed by atoms with Gasteiger partial charge in [0.1, 0.15) is 5.56 Å². The van der Waals surface area contributed by atoms with Crippen molar-refractivity contribution in [1.29, 1.82) is 0 Å². The minimum Gasteiger partial charge on any atom is -0.493 e. The van der Waals surface area contributed by atoms with Crippen LogP contribution in [-0.2, 0) is 11.3 Å². The first-order valence-electron chi connectivity index (χ1n) is 15.8. The van der Waals surface area contributed by atoms with Gasteiger partial charge in [0.2, 0.25) is 11.8 Å². The quantitative estimate of drug-likeness (QED) is 0.153. The molecule has 10 heteroatoms. The lowest BCUT2D eigenvalue weighted by atomic mass is 10.1. The Kier molecular flexibility index (Phi) is 11.1. The third-order valence-electron chi connectivity index (χ3n) is 8.06. The van der Waals surface area contributed by atoms with Gasteiger partial charge in [-0.25, -0.2) is 4.98 Å². The molecule has 1 aliphatic heterocycles. The van der Waals surface area contributed by atoms with E-state index in [1.54, 1.807) is 13.2 Å². The first-order chi connectivity index (χ1) is 22.3. The van der Waals surface area contributed by atoms with Crippen molar-refractivity contribution < 1.29 is 19.0 Å². The number of amides is 1. The fourth-order valence-corrected chi connectivity index (χ4v) is 5.23. The molecule has 0 saturated carbocycles. The first kappa shape index (κ1) is 32.7. The van der Waals surface area contributed by atoms with Crippen molar-refractivity contribution >= 4 is 28.9 Å². The van der Waals surface area contributed by atoms with E-state index in [1.165, 1.54) is 11.9 Å². The van der Waals surface area contributed by atoms with Gasteiger partial charge in [0.05, 0.1) is 13.7 Å². The van der Waals surface area contributed by atoms with E-state index in [9.17, 15) is 4.79 Å². The lowest BCUT2D eigenvalue weighted by Crippen LogP contribution is -2.44. The summed E-state index contributed by atoms with van der Waals surface area (Å²) in [4.78, 5) is 27.5. The van der Waals surface area contributed by atoms with Gasteiger partial charge in [0.25, 0.3) is 5.91 Å². The fourth-order valence-electron chi connectivity index (χ4n) is 5.23. The van der Waals surface area contributed by atoms with Gasteiger partial charge < -0.3 is 34.6 Å². The van der Waals surface area contributed by atoms with Gasteiger partial charge >= 0.3 is 0 Å². The van der Waals surface area contributed by atoms with E-state index in [4.69, 9.17) is 14.2 Å². The molecule has 2 heterocycles. The molecular formula is C36H44N6O4. The van der Waals surface area contributed by atoms with Crippen LogP contribution in [-0.4, -0.2) is 67.7 Å². The summed E-state index contributed by atoms with van der Waals surface area (Å²) in [6.07, 6.45) is 3.57. The molecule has 1 saturated heterocycles. The second kappa shape index (κ2) is 15.6. The van der Waals surface area contributed by atoms with Crippen LogP contribution in [0.1, 0.15) is 46.8 Å². The number of rotatable bonds is 13. The van der Waals surface area contributed by atoms with E-state index >= 15 is 0 Å². The zero-order valence-electron chi connectivity index (χ0n) is 27.4. The Morgan fingerprint density at radius 2 is 1.70 bits per heavy atom. The predicted octanol–water partition coefficient (Wildman–Crippen LogP) is 6.96. The number of anilines is 4. The third-order valence-corrected chi connectivity index (χ3v) is 8.06. The second-order valence-electron chi connectivity index (χ2n) is 11.6. The van der Waals surface area contributed by atoms with Gasteiger partial charge in [0.15, 0.2) is 11.5 Å². The zero-order valence-corrected chi connectivity index (χ0v) is 27.4. The molecule has 2 N–H and O–H groups in total. The number of carbonyl (C=O) groups is 1. The average Bonchev–Trinajstić information content (AvgIpc) is 3.06. The fraction of sp³-hybridized carbons (Fsp3) is 0.361. The van der Waals surface area contributed by atoms with Crippen molar-refractivity contribution in [3.63, 3.8) is 0 Å². The van der Waals surface area contributed by atoms with Crippen molar-refractivity contribution in [2.24, 2.45) is 0 Å². The number of nitrogens with zero attached hydrogens (tertiary/aromatic N) is 4. The Balaban J connectivity index is 1.40. The molecule has 0 bridgehead atoms. The number of hydrogen-bond acceptors (Lipinski definition) is 9. The number of para-hydroxylation sites is 1. The first-order valence-corrected chi connectivity index (χ1v) is 15.8. The maximum Gasteiger partial charge on any atom is 0.262 e. The van der Waals surface area contributed by atoms with Gasteiger partial charge in [0, 0.05) is 56.0 Å². The van der Waals surface area contributed by atoms with E-state index in [0.29, 0.717) is 30.7 Å². The Morgan fingerprint density at radius 3 is 2.39 bits per heavy atom. The summed E-state index contributed by atoms with van der Waals surface area (Å²) in [7, 11) is 3.73. The molecule has 0 spiro atoms. The SMILES string of the molecule is CCCCOCc1ccc(Oc2nc(Nc3ccc(N4CCN(C)CC4)cc3)ncc2C(=O)Nc2c(C)cccc2C)c(OC)c1. The highest BCUT2D eigenvalue weighted by Gasteiger charge is 2.21. The summed E-state index contributed by atoms with van der Waals surface area (Å²) < 4.78 is 17.7.